The minimum atomic E-state index is -0.990. The highest BCUT2D eigenvalue weighted by Crippen LogP contribution is 2.27. The van der Waals surface area contributed by atoms with Gasteiger partial charge in [0.05, 0.1) is 0 Å². The van der Waals surface area contributed by atoms with Crippen molar-refractivity contribution < 1.29 is 28.3 Å². The van der Waals surface area contributed by atoms with Gasteiger partial charge in [0.25, 0.3) is 11.8 Å². The summed E-state index contributed by atoms with van der Waals surface area (Å²) in [6.07, 6.45) is 2.36. The van der Waals surface area contributed by atoms with Crippen molar-refractivity contribution in [1.29, 1.82) is 0 Å². The number of nitrogens with zero attached hydrogens (tertiary/aromatic N) is 1. The smallest absolute Gasteiger partial charge is 0.326 e. The number of hydrogen-bond acceptors (Lipinski definition) is 5. The van der Waals surface area contributed by atoms with Gasteiger partial charge >= 0.3 is 12.0 Å². The van der Waals surface area contributed by atoms with E-state index in [2.05, 4.69) is 10.6 Å². The predicted octanol–water partition coefficient (Wildman–Crippen LogP) is 2.20. The summed E-state index contributed by atoms with van der Waals surface area (Å²) in [5, 5.41) is 5.07. The minimum absolute atomic E-state index is 0.221. The van der Waals surface area contributed by atoms with Crippen molar-refractivity contribution in [3.63, 3.8) is 0 Å². The maximum Gasteiger partial charge on any atom is 0.326 e. The molecule has 0 bridgehead atoms. The van der Waals surface area contributed by atoms with Gasteiger partial charge in [-0.1, -0.05) is 32.8 Å². The highest BCUT2D eigenvalue weighted by molar-refractivity contribution is 6.08. The molecule has 8 nitrogen and oxygen atoms in total. The Hall–Kier alpha value is -2.97. The van der Waals surface area contributed by atoms with Gasteiger partial charge in [0.1, 0.15) is 17.9 Å². The van der Waals surface area contributed by atoms with Crippen LogP contribution in [-0.4, -0.2) is 47.4 Å². The SMILES string of the molecule is CCCC1(CCC)NC(=O)N(CC(=O)OCC(=O)Nc2cccc(F)c2)C1=O. The van der Waals surface area contributed by atoms with Crippen molar-refractivity contribution in [1.82, 2.24) is 10.2 Å². The molecule has 1 aromatic rings. The van der Waals surface area contributed by atoms with E-state index in [4.69, 9.17) is 4.74 Å². The number of anilines is 1. The molecule has 0 aliphatic carbocycles. The quantitative estimate of drug-likeness (QED) is 0.494. The molecule has 1 saturated heterocycles. The number of carbonyl (C=O) groups excluding carboxylic acids is 4. The molecule has 0 unspecified atom stereocenters. The lowest BCUT2D eigenvalue weighted by molar-refractivity contribution is -0.150. The fourth-order valence-electron chi connectivity index (χ4n) is 3.22. The van der Waals surface area contributed by atoms with E-state index in [0.717, 1.165) is 11.0 Å². The first-order valence-electron chi connectivity index (χ1n) is 9.16. The summed E-state index contributed by atoms with van der Waals surface area (Å²) in [6.45, 7) is 2.62. The summed E-state index contributed by atoms with van der Waals surface area (Å²) in [4.78, 5) is 49.5. The number of esters is 1. The standard InChI is InChI=1S/C19H24FN3O5/c1-3-8-19(9-4-2)17(26)23(18(27)22-19)11-16(25)28-12-15(24)21-14-7-5-6-13(20)10-14/h5-7,10H,3-4,8-9,11-12H2,1-2H3,(H,21,24)(H,22,27). The van der Waals surface area contributed by atoms with Gasteiger partial charge in [-0.3, -0.25) is 19.3 Å². The number of amides is 4. The third-order valence-electron chi connectivity index (χ3n) is 4.36. The Morgan fingerprint density at radius 1 is 1.21 bits per heavy atom. The molecule has 1 heterocycles. The van der Waals surface area contributed by atoms with Crippen molar-refractivity contribution >= 4 is 29.5 Å². The topological polar surface area (TPSA) is 105 Å². The first kappa shape index (κ1) is 21.3. The molecule has 0 aromatic heterocycles. The van der Waals surface area contributed by atoms with Crippen LogP contribution in [-0.2, 0) is 19.1 Å². The van der Waals surface area contributed by atoms with Crippen LogP contribution in [0.3, 0.4) is 0 Å². The number of nitrogens with one attached hydrogen (secondary N) is 2. The molecule has 2 N–H and O–H groups in total. The first-order valence-corrected chi connectivity index (χ1v) is 9.16. The fraction of sp³-hybridized carbons (Fsp3) is 0.474. The number of benzene rings is 1. The molecular weight excluding hydrogens is 369 g/mol. The van der Waals surface area contributed by atoms with Crippen LogP contribution in [0.1, 0.15) is 39.5 Å². The third kappa shape index (κ3) is 5.05. The summed E-state index contributed by atoms with van der Waals surface area (Å²) >= 11 is 0. The molecular formula is C19H24FN3O5. The molecule has 0 spiro atoms. The maximum absolute atomic E-state index is 13.1. The second-order valence-electron chi connectivity index (χ2n) is 6.62. The van der Waals surface area contributed by atoms with Gasteiger partial charge in [-0.15, -0.1) is 0 Å². The van der Waals surface area contributed by atoms with Crippen LogP contribution in [0.5, 0.6) is 0 Å². The molecule has 1 fully saturated rings. The van der Waals surface area contributed by atoms with Gasteiger partial charge < -0.3 is 15.4 Å². The Labute approximate surface area is 162 Å². The van der Waals surface area contributed by atoms with Crippen molar-refractivity contribution in [3.8, 4) is 0 Å². The van der Waals surface area contributed by atoms with Crippen molar-refractivity contribution in [3.05, 3.63) is 30.1 Å². The zero-order valence-corrected chi connectivity index (χ0v) is 15.9. The summed E-state index contributed by atoms with van der Waals surface area (Å²) in [6, 6.07) is 4.61. The minimum Gasteiger partial charge on any atom is -0.454 e. The molecule has 0 radical (unpaired) electrons. The molecule has 4 amide bonds. The molecule has 1 aromatic carbocycles. The van der Waals surface area contributed by atoms with Crippen LogP contribution in [0, 0.1) is 5.82 Å². The van der Waals surface area contributed by atoms with Crippen LogP contribution in [0.25, 0.3) is 0 Å². The molecule has 9 heteroatoms. The average Bonchev–Trinajstić information content (AvgIpc) is 2.85. The van der Waals surface area contributed by atoms with Gasteiger partial charge in [0.15, 0.2) is 6.61 Å². The largest absolute Gasteiger partial charge is 0.454 e. The van der Waals surface area contributed by atoms with E-state index in [1.165, 1.54) is 18.2 Å². The number of ether oxygens (including phenoxy) is 1. The summed E-state index contributed by atoms with van der Waals surface area (Å²) in [5.41, 5.74) is -0.769. The number of hydrogen-bond donors (Lipinski definition) is 2. The fourth-order valence-corrected chi connectivity index (χ4v) is 3.22. The lowest BCUT2D eigenvalue weighted by Crippen LogP contribution is -2.47. The van der Waals surface area contributed by atoms with Crippen LogP contribution in [0.4, 0.5) is 14.9 Å². The number of urea groups is 1. The van der Waals surface area contributed by atoms with E-state index >= 15 is 0 Å². The zero-order valence-electron chi connectivity index (χ0n) is 15.9. The Morgan fingerprint density at radius 3 is 2.50 bits per heavy atom. The van der Waals surface area contributed by atoms with Gasteiger partial charge in [0, 0.05) is 5.69 Å². The number of imide groups is 1. The van der Waals surface area contributed by atoms with E-state index < -0.39 is 48.3 Å². The number of halogens is 1. The van der Waals surface area contributed by atoms with Crippen molar-refractivity contribution in [2.45, 2.75) is 45.1 Å². The molecule has 1 aliphatic rings. The van der Waals surface area contributed by atoms with E-state index in [0.29, 0.717) is 25.7 Å². The normalized spacial score (nSPS) is 15.3. The van der Waals surface area contributed by atoms with Gasteiger partial charge in [-0.2, -0.15) is 0 Å². The molecule has 0 saturated carbocycles. The van der Waals surface area contributed by atoms with Gasteiger partial charge in [-0.25, -0.2) is 9.18 Å². The zero-order chi connectivity index (χ0) is 20.7. The summed E-state index contributed by atoms with van der Waals surface area (Å²) < 4.78 is 17.9. The second kappa shape index (κ2) is 9.29. The van der Waals surface area contributed by atoms with E-state index in [9.17, 15) is 23.6 Å². The highest BCUT2D eigenvalue weighted by Gasteiger charge is 2.50. The van der Waals surface area contributed by atoms with E-state index in [1.54, 1.807) is 0 Å². The Kier molecular flexibility index (Phi) is 7.08. The molecule has 1 aliphatic heterocycles. The Morgan fingerprint density at radius 2 is 1.89 bits per heavy atom. The van der Waals surface area contributed by atoms with Crippen molar-refractivity contribution in [2.75, 3.05) is 18.5 Å². The number of rotatable bonds is 9. The van der Waals surface area contributed by atoms with Crippen molar-refractivity contribution in [2.24, 2.45) is 0 Å². The third-order valence-corrected chi connectivity index (χ3v) is 4.36. The summed E-state index contributed by atoms with van der Waals surface area (Å²) in [5.74, 6) is -2.53. The monoisotopic (exact) mass is 393 g/mol. The second-order valence-corrected chi connectivity index (χ2v) is 6.62. The Bertz CT molecular complexity index is 762. The predicted molar refractivity (Wildman–Crippen MR) is 98.8 cm³/mol. The maximum atomic E-state index is 13.1. The van der Waals surface area contributed by atoms with Crippen LogP contribution in [0.2, 0.25) is 0 Å². The van der Waals surface area contributed by atoms with E-state index in [-0.39, 0.29) is 5.69 Å². The lowest BCUT2D eigenvalue weighted by Gasteiger charge is -2.25. The highest BCUT2D eigenvalue weighted by atomic mass is 19.1. The average molecular weight is 393 g/mol. The van der Waals surface area contributed by atoms with Crippen LogP contribution in [0.15, 0.2) is 24.3 Å². The van der Waals surface area contributed by atoms with Gasteiger partial charge in [0.2, 0.25) is 0 Å². The van der Waals surface area contributed by atoms with Crippen LogP contribution < -0.4 is 10.6 Å². The first-order chi connectivity index (χ1) is 13.3. The number of carbonyl (C=O) groups is 4. The van der Waals surface area contributed by atoms with Crippen LogP contribution >= 0.6 is 0 Å². The molecule has 2 rings (SSSR count). The van der Waals surface area contributed by atoms with E-state index in [1.807, 2.05) is 13.8 Å². The van der Waals surface area contributed by atoms with Gasteiger partial charge in [-0.05, 0) is 31.0 Å². The molecule has 0 atom stereocenters. The summed E-state index contributed by atoms with van der Waals surface area (Å²) in [7, 11) is 0. The molecule has 28 heavy (non-hydrogen) atoms. The lowest BCUT2D eigenvalue weighted by atomic mass is 9.88. The Balaban J connectivity index is 1.89. The molecule has 152 valence electrons.